The molecule has 2 aromatic carbocycles. The fraction of sp³-hybridized carbons (Fsp3) is 0.368. The normalized spacial score (nSPS) is 17.6. The van der Waals surface area contributed by atoms with Crippen LogP contribution in [0.5, 0.6) is 0 Å². The van der Waals surface area contributed by atoms with Gasteiger partial charge in [-0.2, -0.15) is 0 Å². The zero-order valence-electron chi connectivity index (χ0n) is 12.5. The van der Waals surface area contributed by atoms with E-state index in [9.17, 15) is 4.39 Å². The van der Waals surface area contributed by atoms with Gasteiger partial charge in [0.05, 0.1) is 0 Å². The molecule has 3 rings (SSSR count). The van der Waals surface area contributed by atoms with Gasteiger partial charge in [0, 0.05) is 5.92 Å². The molecule has 1 heterocycles. The van der Waals surface area contributed by atoms with E-state index < -0.39 is 0 Å². The molecule has 2 heteroatoms. The Labute approximate surface area is 126 Å². The van der Waals surface area contributed by atoms with E-state index >= 15 is 0 Å². The highest BCUT2D eigenvalue weighted by molar-refractivity contribution is 5.35. The monoisotopic (exact) mass is 283 g/mol. The molecule has 0 unspecified atom stereocenters. The van der Waals surface area contributed by atoms with E-state index in [2.05, 4.69) is 36.5 Å². The Balaban J connectivity index is 1.97. The van der Waals surface area contributed by atoms with E-state index in [0.29, 0.717) is 11.8 Å². The van der Waals surface area contributed by atoms with E-state index in [1.165, 1.54) is 29.5 Å². The molecule has 1 N–H and O–H groups in total. The van der Waals surface area contributed by atoms with Crippen molar-refractivity contribution >= 4 is 0 Å². The van der Waals surface area contributed by atoms with Gasteiger partial charge >= 0.3 is 0 Å². The van der Waals surface area contributed by atoms with Crippen molar-refractivity contribution in [2.75, 3.05) is 13.1 Å². The summed E-state index contributed by atoms with van der Waals surface area (Å²) in [5, 5.41) is 3.43. The van der Waals surface area contributed by atoms with E-state index in [1.54, 1.807) is 12.1 Å². The smallest absolute Gasteiger partial charge is 0.123 e. The van der Waals surface area contributed by atoms with Crippen LogP contribution in [-0.2, 0) is 0 Å². The molecule has 1 saturated heterocycles. The fourth-order valence-electron chi connectivity index (χ4n) is 3.36. The first-order valence-electron chi connectivity index (χ1n) is 7.77. The van der Waals surface area contributed by atoms with Crippen LogP contribution in [-0.4, -0.2) is 13.1 Å². The Bertz CT molecular complexity index is 522. The SMILES string of the molecule is Cc1ccc([C@H](c2ccc(F)cc2)C2CCNCC2)cc1. The van der Waals surface area contributed by atoms with Crippen molar-refractivity contribution in [1.82, 2.24) is 5.32 Å². The molecule has 0 spiro atoms. The molecule has 2 aromatic rings. The summed E-state index contributed by atoms with van der Waals surface area (Å²) < 4.78 is 13.2. The number of halogens is 1. The van der Waals surface area contributed by atoms with Gasteiger partial charge in [-0.25, -0.2) is 4.39 Å². The maximum Gasteiger partial charge on any atom is 0.123 e. The molecule has 0 aromatic heterocycles. The number of benzene rings is 2. The summed E-state index contributed by atoms with van der Waals surface area (Å²) in [6.45, 7) is 4.27. The molecule has 0 aliphatic carbocycles. The Hall–Kier alpha value is -1.67. The molecule has 0 bridgehead atoms. The number of hydrogen-bond donors (Lipinski definition) is 1. The predicted octanol–water partition coefficient (Wildman–Crippen LogP) is 4.27. The molecule has 1 atom stereocenters. The number of piperidine rings is 1. The van der Waals surface area contributed by atoms with Crippen molar-refractivity contribution in [1.29, 1.82) is 0 Å². The third-order valence-electron chi connectivity index (χ3n) is 4.52. The highest BCUT2D eigenvalue weighted by Crippen LogP contribution is 2.36. The minimum absolute atomic E-state index is 0.160. The highest BCUT2D eigenvalue weighted by atomic mass is 19.1. The Morgan fingerprint density at radius 1 is 0.905 bits per heavy atom. The van der Waals surface area contributed by atoms with Crippen LogP contribution in [0.15, 0.2) is 48.5 Å². The quantitative estimate of drug-likeness (QED) is 0.887. The molecule has 1 fully saturated rings. The number of aryl methyl sites for hydroxylation is 1. The first-order valence-corrected chi connectivity index (χ1v) is 7.77. The summed E-state index contributed by atoms with van der Waals surface area (Å²) in [7, 11) is 0. The van der Waals surface area contributed by atoms with Crippen LogP contribution in [0.2, 0.25) is 0 Å². The molecule has 0 saturated carbocycles. The third kappa shape index (κ3) is 3.33. The Kier molecular flexibility index (Phi) is 4.35. The first-order chi connectivity index (χ1) is 10.2. The number of nitrogens with one attached hydrogen (secondary N) is 1. The van der Waals surface area contributed by atoms with Gasteiger partial charge in [-0.05, 0) is 62.0 Å². The van der Waals surface area contributed by atoms with Crippen LogP contribution in [0.1, 0.15) is 35.4 Å². The van der Waals surface area contributed by atoms with E-state index in [0.717, 1.165) is 13.1 Å². The fourth-order valence-corrected chi connectivity index (χ4v) is 3.36. The third-order valence-corrected chi connectivity index (χ3v) is 4.52. The second-order valence-corrected chi connectivity index (χ2v) is 6.03. The van der Waals surface area contributed by atoms with Crippen molar-refractivity contribution in [2.24, 2.45) is 5.92 Å². The van der Waals surface area contributed by atoms with Gasteiger partial charge in [0.1, 0.15) is 5.82 Å². The van der Waals surface area contributed by atoms with Gasteiger partial charge in [0.25, 0.3) is 0 Å². The largest absolute Gasteiger partial charge is 0.317 e. The van der Waals surface area contributed by atoms with Crippen LogP contribution in [0.3, 0.4) is 0 Å². The summed E-state index contributed by atoms with van der Waals surface area (Å²) in [6.07, 6.45) is 2.35. The Morgan fingerprint density at radius 3 is 2.00 bits per heavy atom. The average Bonchev–Trinajstić information content (AvgIpc) is 2.52. The van der Waals surface area contributed by atoms with Crippen LogP contribution in [0.25, 0.3) is 0 Å². The van der Waals surface area contributed by atoms with Gasteiger partial charge in [0.15, 0.2) is 0 Å². The van der Waals surface area contributed by atoms with E-state index in [1.807, 2.05) is 12.1 Å². The van der Waals surface area contributed by atoms with Crippen LogP contribution in [0, 0.1) is 18.7 Å². The lowest BCUT2D eigenvalue weighted by atomic mass is 9.76. The number of hydrogen-bond acceptors (Lipinski definition) is 1. The zero-order chi connectivity index (χ0) is 14.7. The molecule has 0 radical (unpaired) electrons. The first kappa shape index (κ1) is 14.3. The maximum atomic E-state index is 13.2. The molecule has 0 amide bonds. The van der Waals surface area contributed by atoms with Gasteiger partial charge in [-0.15, -0.1) is 0 Å². The summed E-state index contributed by atoms with van der Waals surface area (Å²) in [6, 6.07) is 15.9. The zero-order valence-corrected chi connectivity index (χ0v) is 12.5. The second kappa shape index (κ2) is 6.40. The summed E-state index contributed by atoms with van der Waals surface area (Å²) in [5.41, 5.74) is 3.85. The van der Waals surface area contributed by atoms with Crippen molar-refractivity contribution in [3.8, 4) is 0 Å². The van der Waals surface area contributed by atoms with Crippen molar-refractivity contribution in [3.63, 3.8) is 0 Å². The van der Waals surface area contributed by atoms with Crippen LogP contribution >= 0.6 is 0 Å². The minimum Gasteiger partial charge on any atom is -0.317 e. The van der Waals surface area contributed by atoms with Crippen molar-refractivity contribution in [2.45, 2.75) is 25.7 Å². The second-order valence-electron chi connectivity index (χ2n) is 6.03. The molecule has 110 valence electrons. The molecule has 1 aliphatic rings. The maximum absolute atomic E-state index is 13.2. The van der Waals surface area contributed by atoms with E-state index in [-0.39, 0.29) is 5.82 Å². The number of rotatable bonds is 3. The van der Waals surface area contributed by atoms with Gasteiger partial charge < -0.3 is 5.32 Å². The lowest BCUT2D eigenvalue weighted by molar-refractivity contribution is 0.342. The summed E-state index contributed by atoms with van der Waals surface area (Å²) in [4.78, 5) is 0. The topological polar surface area (TPSA) is 12.0 Å². The molecule has 1 aliphatic heterocycles. The lowest BCUT2D eigenvalue weighted by Gasteiger charge is -2.31. The van der Waals surface area contributed by atoms with Gasteiger partial charge in [-0.3, -0.25) is 0 Å². The molecule has 1 nitrogen and oxygen atoms in total. The lowest BCUT2D eigenvalue weighted by Crippen LogP contribution is -2.31. The van der Waals surface area contributed by atoms with Crippen LogP contribution in [0.4, 0.5) is 4.39 Å². The highest BCUT2D eigenvalue weighted by Gasteiger charge is 2.26. The molecular formula is C19H22FN. The van der Waals surface area contributed by atoms with Crippen molar-refractivity contribution < 1.29 is 4.39 Å². The van der Waals surface area contributed by atoms with Crippen molar-refractivity contribution in [3.05, 3.63) is 71.0 Å². The minimum atomic E-state index is -0.160. The molecular weight excluding hydrogens is 261 g/mol. The predicted molar refractivity (Wildman–Crippen MR) is 85.0 cm³/mol. The standard InChI is InChI=1S/C19H22FN/c1-14-2-4-15(5-3-14)19(17-10-12-21-13-11-17)16-6-8-18(20)9-7-16/h2-9,17,19,21H,10-13H2,1H3/t19-/m1/s1. The summed E-state index contributed by atoms with van der Waals surface area (Å²) >= 11 is 0. The van der Waals surface area contributed by atoms with Crippen LogP contribution < -0.4 is 5.32 Å². The van der Waals surface area contributed by atoms with Gasteiger partial charge in [-0.1, -0.05) is 42.0 Å². The molecule has 21 heavy (non-hydrogen) atoms. The van der Waals surface area contributed by atoms with E-state index in [4.69, 9.17) is 0 Å². The van der Waals surface area contributed by atoms with Gasteiger partial charge in [0.2, 0.25) is 0 Å². The summed E-state index contributed by atoms with van der Waals surface area (Å²) in [5.74, 6) is 0.833. The average molecular weight is 283 g/mol. The Morgan fingerprint density at radius 2 is 1.43 bits per heavy atom.